The van der Waals surface area contributed by atoms with Gasteiger partial charge in [0.2, 0.25) is 0 Å². The van der Waals surface area contributed by atoms with E-state index in [1.807, 2.05) is 0 Å². The Kier molecular flexibility index (Phi) is 12.7. The lowest BCUT2D eigenvalue weighted by molar-refractivity contribution is 0.138. The van der Waals surface area contributed by atoms with Gasteiger partial charge in [0.15, 0.2) is 0 Å². The molecule has 0 aromatic carbocycles. The van der Waals surface area contributed by atoms with Crippen LogP contribution in [-0.2, 0) is 4.74 Å². The summed E-state index contributed by atoms with van der Waals surface area (Å²) in [5, 5.41) is 3.49. The van der Waals surface area contributed by atoms with Crippen molar-refractivity contribution in [2.24, 2.45) is 0 Å². The Morgan fingerprint density at radius 2 is 1.53 bits per heavy atom. The topological polar surface area (TPSA) is 27.7 Å². The number of hydrogen-bond donors (Lipinski definition) is 1. The Bertz CT molecular complexity index is 180. The van der Waals surface area contributed by atoms with E-state index >= 15 is 0 Å². The lowest BCUT2D eigenvalue weighted by atomic mass is 10.2. The van der Waals surface area contributed by atoms with Crippen molar-refractivity contribution in [1.82, 2.24) is 15.1 Å². The number of hydrogen-bond acceptors (Lipinski definition) is 4. The molecule has 0 radical (unpaired) electrons. The number of nitrogens with one attached hydrogen (secondary N) is 1. The third-order valence-corrected chi connectivity index (χ3v) is 3.63. The molecule has 0 heterocycles. The summed E-state index contributed by atoms with van der Waals surface area (Å²) in [6.07, 6.45) is 1.25. The maximum absolute atomic E-state index is 5.28. The molecule has 0 saturated carbocycles. The van der Waals surface area contributed by atoms with Crippen molar-refractivity contribution in [1.29, 1.82) is 0 Å². The number of nitrogens with zero attached hydrogens (tertiary/aromatic N) is 2. The van der Waals surface area contributed by atoms with E-state index in [2.05, 4.69) is 42.8 Å². The van der Waals surface area contributed by atoms with E-state index in [9.17, 15) is 0 Å². The molecule has 0 amide bonds. The van der Waals surface area contributed by atoms with E-state index < -0.39 is 0 Å². The van der Waals surface area contributed by atoms with Gasteiger partial charge >= 0.3 is 0 Å². The molecular weight excluding hydrogens is 238 g/mol. The highest BCUT2D eigenvalue weighted by molar-refractivity contribution is 4.71. The Balaban J connectivity index is 3.97. The molecule has 0 aliphatic rings. The normalized spacial score (nSPS) is 13.4. The van der Waals surface area contributed by atoms with Gasteiger partial charge in [0.1, 0.15) is 0 Å². The summed E-state index contributed by atoms with van der Waals surface area (Å²) < 4.78 is 5.28. The first kappa shape index (κ1) is 18.8. The highest BCUT2D eigenvalue weighted by atomic mass is 16.5. The molecule has 0 spiro atoms. The summed E-state index contributed by atoms with van der Waals surface area (Å²) in [5.74, 6) is 0. The Labute approximate surface area is 120 Å². The molecule has 0 saturated heterocycles. The van der Waals surface area contributed by atoms with Crippen molar-refractivity contribution in [3.63, 3.8) is 0 Å². The average Bonchev–Trinajstić information content (AvgIpc) is 2.42. The van der Waals surface area contributed by atoms with Crippen LogP contribution in [0.2, 0.25) is 0 Å². The van der Waals surface area contributed by atoms with Gasteiger partial charge in [-0.2, -0.15) is 0 Å². The van der Waals surface area contributed by atoms with Crippen molar-refractivity contribution in [3.05, 3.63) is 0 Å². The summed E-state index contributed by atoms with van der Waals surface area (Å²) in [5.41, 5.74) is 0. The minimum absolute atomic E-state index is 0.448. The van der Waals surface area contributed by atoms with Crippen LogP contribution in [0, 0.1) is 0 Å². The second-order valence-corrected chi connectivity index (χ2v) is 4.98. The zero-order chi connectivity index (χ0) is 14.5. The predicted molar refractivity (Wildman–Crippen MR) is 83.9 cm³/mol. The van der Waals surface area contributed by atoms with Crippen LogP contribution >= 0.6 is 0 Å². The van der Waals surface area contributed by atoms with Gasteiger partial charge in [-0.1, -0.05) is 27.7 Å². The van der Waals surface area contributed by atoms with Gasteiger partial charge in [-0.05, 0) is 45.7 Å². The minimum Gasteiger partial charge on any atom is -0.383 e. The molecule has 1 N–H and O–H groups in total. The van der Waals surface area contributed by atoms with Crippen LogP contribution in [0.25, 0.3) is 0 Å². The maximum atomic E-state index is 5.28. The van der Waals surface area contributed by atoms with Gasteiger partial charge < -0.3 is 19.9 Å². The van der Waals surface area contributed by atoms with Crippen LogP contribution in [0.3, 0.4) is 0 Å². The molecule has 4 nitrogen and oxygen atoms in total. The standard InChI is InChI=1S/C15H35N3O/c1-6-16-15(14-19-5)13-18(9-4)12-10-11-17(7-2)8-3/h15-16H,6-14H2,1-5H3. The fourth-order valence-corrected chi connectivity index (χ4v) is 2.41. The molecule has 116 valence electrons. The highest BCUT2D eigenvalue weighted by Gasteiger charge is 2.12. The Hall–Kier alpha value is -0.160. The Morgan fingerprint density at radius 3 is 2.00 bits per heavy atom. The summed E-state index contributed by atoms with van der Waals surface area (Å²) in [6, 6.07) is 0.448. The minimum atomic E-state index is 0.448. The van der Waals surface area contributed by atoms with E-state index in [0.717, 1.165) is 39.3 Å². The molecule has 1 atom stereocenters. The van der Waals surface area contributed by atoms with Crippen molar-refractivity contribution in [3.8, 4) is 0 Å². The fourth-order valence-electron chi connectivity index (χ4n) is 2.41. The quantitative estimate of drug-likeness (QED) is 0.552. The molecular formula is C15H35N3O. The first-order chi connectivity index (χ1) is 9.21. The second-order valence-electron chi connectivity index (χ2n) is 4.98. The van der Waals surface area contributed by atoms with Gasteiger partial charge in [-0.15, -0.1) is 0 Å². The van der Waals surface area contributed by atoms with Crippen LogP contribution in [0.4, 0.5) is 0 Å². The molecule has 0 rings (SSSR count). The summed E-state index contributed by atoms with van der Waals surface area (Å²) >= 11 is 0. The average molecular weight is 273 g/mol. The largest absolute Gasteiger partial charge is 0.383 e. The van der Waals surface area contributed by atoms with Crippen LogP contribution < -0.4 is 5.32 Å². The summed E-state index contributed by atoms with van der Waals surface area (Å²) in [4.78, 5) is 5.01. The molecule has 0 fully saturated rings. The van der Waals surface area contributed by atoms with E-state index in [0.29, 0.717) is 6.04 Å². The van der Waals surface area contributed by atoms with E-state index in [-0.39, 0.29) is 0 Å². The second kappa shape index (κ2) is 12.9. The number of likely N-dealkylation sites (N-methyl/N-ethyl adjacent to an activating group) is 2. The van der Waals surface area contributed by atoms with Crippen LogP contribution in [-0.4, -0.2) is 75.4 Å². The summed E-state index contributed by atoms with van der Waals surface area (Å²) in [7, 11) is 1.78. The lowest BCUT2D eigenvalue weighted by Crippen LogP contribution is -2.44. The number of rotatable bonds is 13. The lowest BCUT2D eigenvalue weighted by Gasteiger charge is -2.27. The highest BCUT2D eigenvalue weighted by Crippen LogP contribution is 1.98. The molecule has 0 aliphatic heterocycles. The van der Waals surface area contributed by atoms with Gasteiger partial charge in [0.05, 0.1) is 6.61 Å². The third kappa shape index (κ3) is 9.38. The van der Waals surface area contributed by atoms with E-state index in [1.165, 1.54) is 19.5 Å². The van der Waals surface area contributed by atoms with Crippen molar-refractivity contribution in [2.45, 2.75) is 40.2 Å². The smallest absolute Gasteiger partial charge is 0.0628 e. The van der Waals surface area contributed by atoms with Gasteiger partial charge in [-0.3, -0.25) is 0 Å². The first-order valence-corrected chi connectivity index (χ1v) is 7.88. The predicted octanol–water partition coefficient (Wildman–Crippen LogP) is 1.66. The van der Waals surface area contributed by atoms with Crippen molar-refractivity contribution >= 4 is 0 Å². The Morgan fingerprint density at radius 1 is 0.947 bits per heavy atom. The molecule has 0 bridgehead atoms. The van der Waals surface area contributed by atoms with Gasteiger partial charge in [0, 0.05) is 19.7 Å². The molecule has 0 aliphatic carbocycles. The van der Waals surface area contributed by atoms with E-state index in [4.69, 9.17) is 4.74 Å². The molecule has 1 unspecified atom stereocenters. The maximum Gasteiger partial charge on any atom is 0.0628 e. The fraction of sp³-hybridized carbons (Fsp3) is 1.00. The molecule has 4 heteroatoms. The van der Waals surface area contributed by atoms with Crippen LogP contribution in [0.1, 0.15) is 34.1 Å². The molecule has 0 aromatic heterocycles. The number of ether oxygens (including phenoxy) is 1. The summed E-state index contributed by atoms with van der Waals surface area (Å²) in [6.45, 7) is 17.6. The van der Waals surface area contributed by atoms with Crippen LogP contribution in [0.15, 0.2) is 0 Å². The first-order valence-electron chi connectivity index (χ1n) is 7.88. The third-order valence-electron chi connectivity index (χ3n) is 3.63. The van der Waals surface area contributed by atoms with Crippen LogP contribution in [0.5, 0.6) is 0 Å². The number of methoxy groups -OCH3 is 1. The van der Waals surface area contributed by atoms with Crippen molar-refractivity contribution in [2.75, 3.05) is 59.5 Å². The monoisotopic (exact) mass is 273 g/mol. The van der Waals surface area contributed by atoms with Crippen molar-refractivity contribution < 1.29 is 4.74 Å². The molecule has 0 aromatic rings. The SMILES string of the molecule is CCNC(COC)CN(CC)CCCN(CC)CC. The zero-order valence-electron chi connectivity index (χ0n) is 13.7. The van der Waals surface area contributed by atoms with Gasteiger partial charge in [0.25, 0.3) is 0 Å². The van der Waals surface area contributed by atoms with Gasteiger partial charge in [-0.25, -0.2) is 0 Å². The van der Waals surface area contributed by atoms with E-state index in [1.54, 1.807) is 7.11 Å². The molecule has 19 heavy (non-hydrogen) atoms. The zero-order valence-corrected chi connectivity index (χ0v) is 13.7.